The Hall–Kier alpha value is -2.84. The fraction of sp³-hybridized carbons (Fsp3) is 0.0500. The average Bonchev–Trinajstić information content (AvgIpc) is 2.62. The zero-order valence-corrected chi connectivity index (χ0v) is 17.3. The Morgan fingerprint density at radius 3 is 2.18 bits per heavy atom. The number of para-hydroxylation sites is 1. The molecule has 0 radical (unpaired) electrons. The topological polar surface area (TPSA) is 87.3 Å². The molecule has 6 nitrogen and oxygen atoms in total. The van der Waals surface area contributed by atoms with E-state index < -0.39 is 16.1 Å². The van der Waals surface area contributed by atoms with Crippen molar-refractivity contribution in [2.75, 3.05) is 15.4 Å². The number of amides is 2. The van der Waals surface area contributed by atoms with Crippen LogP contribution >= 0.6 is 15.9 Å². The van der Waals surface area contributed by atoms with Gasteiger partial charge in [-0.25, -0.2) is 13.2 Å². The fourth-order valence-electron chi connectivity index (χ4n) is 2.51. The van der Waals surface area contributed by atoms with Gasteiger partial charge < -0.3 is 10.6 Å². The summed E-state index contributed by atoms with van der Waals surface area (Å²) in [6.07, 6.45) is 0. The van der Waals surface area contributed by atoms with E-state index in [0.29, 0.717) is 21.5 Å². The number of carbonyl (C=O) groups excluding carboxylic acids is 1. The van der Waals surface area contributed by atoms with Crippen LogP contribution in [0.25, 0.3) is 0 Å². The Kier molecular flexibility index (Phi) is 6.01. The highest BCUT2D eigenvalue weighted by molar-refractivity contribution is 9.10. The molecule has 3 aromatic carbocycles. The van der Waals surface area contributed by atoms with Crippen molar-refractivity contribution in [2.24, 2.45) is 0 Å². The van der Waals surface area contributed by atoms with Crippen molar-refractivity contribution < 1.29 is 13.2 Å². The Bertz CT molecular complexity index is 1100. The van der Waals surface area contributed by atoms with Crippen LogP contribution in [0, 0.1) is 6.92 Å². The lowest BCUT2D eigenvalue weighted by Crippen LogP contribution is -2.19. The minimum Gasteiger partial charge on any atom is -0.308 e. The maximum atomic E-state index is 12.7. The van der Waals surface area contributed by atoms with Gasteiger partial charge >= 0.3 is 6.03 Å². The Balaban J connectivity index is 1.73. The number of benzene rings is 3. The number of rotatable bonds is 5. The second-order valence-electron chi connectivity index (χ2n) is 6.07. The smallest absolute Gasteiger partial charge is 0.308 e. The molecule has 3 N–H and O–H groups in total. The highest BCUT2D eigenvalue weighted by Gasteiger charge is 2.18. The normalized spacial score (nSPS) is 10.9. The quantitative estimate of drug-likeness (QED) is 0.489. The number of hydrogen-bond donors (Lipinski definition) is 3. The lowest BCUT2D eigenvalue weighted by Gasteiger charge is -2.12. The summed E-state index contributed by atoms with van der Waals surface area (Å²) in [5.41, 5.74) is 2.39. The number of nitrogens with one attached hydrogen (secondary N) is 3. The molecule has 0 saturated heterocycles. The minimum absolute atomic E-state index is 0.137. The molecule has 0 fully saturated rings. The predicted molar refractivity (Wildman–Crippen MR) is 115 cm³/mol. The van der Waals surface area contributed by atoms with Crippen molar-refractivity contribution in [2.45, 2.75) is 11.8 Å². The van der Waals surface area contributed by atoms with Crippen LogP contribution in [0.4, 0.5) is 21.9 Å². The third-order valence-corrected chi connectivity index (χ3v) is 6.14. The van der Waals surface area contributed by atoms with Crippen LogP contribution < -0.4 is 15.4 Å². The number of urea groups is 1. The molecule has 0 saturated carbocycles. The van der Waals surface area contributed by atoms with E-state index in [2.05, 4.69) is 31.3 Å². The first-order chi connectivity index (χ1) is 13.3. The molecule has 0 heterocycles. The molecule has 0 spiro atoms. The van der Waals surface area contributed by atoms with E-state index in [9.17, 15) is 13.2 Å². The zero-order chi connectivity index (χ0) is 20.1. The van der Waals surface area contributed by atoms with Crippen molar-refractivity contribution in [3.8, 4) is 0 Å². The summed E-state index contributed by atoms with van der Waals surface area (Å²) in [4.78, 5) is 12.2. The molecule has 28 heavy (non-hydrogen) atoms. The number of aryl methyl sites for hydroxylation is 1. The highest BCUT2D eigenvalue weighted by Crippen LogP contribution is 2.26. The van der Waals surface area contributed by atoms with Gasteiger partial charge in [-0.05, 0) is 70.9 Å². The summed E-state index contributed by atoms with van der Waals surface area (Å²) < 4.78 is 28.3. The summed E-state index contributed by atoms with van der Waals surface area (Å²) in [5.74, 6) is 0. The first-order valence-corrected chi connectivity index (χ1v) is 10.6. The van der Waals surface area contributed by atoms with Gasteiger partial charge in [0.2, 0.25) is 0 Å². The standard InChI is InChI=1S/C20H18BrN3O3S/c1-14-10-11-19(18(21)12-14)28(26,27)24-17-9-5-8-16(13-17)23-20(25)22-15-6-3-2-4-7-15/h2-13,24H,1H3,(H2,22,23,25). The van der Waals surface area contributed by atoms with Crippen molar-refractivity contribution in [1.82, 2.24) is 0 Å². The first kappa shape index (κ1) is 19.9. The summed E-state index contributed by atoms with van der Waals surface area (Å²) in [7, 11) is -3.78. The van der Waals surface area contributed by atoms with Gasteiger partial charge in [0.15, 0.2) is 0 Å². The van der Waals surface area contributed by atoms with E-state index in [4.69, 9.17) is 0 Å². The van der Waals surface area contributed by atoms with Crippen molar-refractivity contribution in [3.63, 3.8) is 0 Å². The zero-order valence-electron chi connectivity index (χ0n) is 14.9. The molecule has 0 aliphatic carbocycles. The van der Waals surface area contributed by atoms with Crippen molar-refractivity contribution >= 4 is 49.0 Å². The number of carbonyl (C=O) groups is 1. The van der Waals surface area contributed by atoms with Gasteiger partial charge in [-0.15, -0.1) is 0 Å². The second-order valence-corrected chi connectivity index (χ2v) is 8.57. The van der Waals surface area contributed by atoms with Gasteiger partial charge in [0.05, 0.1) is 5.69 Å². The van der Waals surface area contributed by atoms with Gasteiger partial charge in [-0.2, -0.15) is 0 Å². The van der Waals surface area contributed by atoms with Gasteiger partial charge in [-0.1, -0.05) is 30.3 Å². The molecule has 0 atom stereocenters. The third-order valence-electron chi connectivity index (χ3n) is 3.78. The van der Waals surface area contributed by atoms with Gasteiger partial charge in [0, 0.05) is 15.8 Å². The van der Waals surface area contributed by atoms with Crippen LogP contribution in [0.5, 0.6) is 0 Å². The maximum Gasteiger partial charge on any atom is 0.323 e. The van der Waals surface area contributed by atoms with E-state index in [1.807, 2.05) is 25.1 Å². The number of anilines is 3. The van der Waals surface area contributed by atoms with E-state index in [1.54, 1.807) is 48.5 Å². The van der Waals surface area contributed by atoms with Crippen LogP contribution in [0.3, 0.4) is 0 Å². The molecule has 0 aliphatic rings. The maximum absolute atomic E-state index is 12.7. The first-order valence-electron chi connectivity index (χ1n) is 8.35. The molecule has 3 aromatic rings. The van der Waals surface area contributed by atoms with E-state index in [0.717, 1.165) is 5.56 Å². The molecule has 0 bridgehead atoms. The minimum atomic E-state index is -3.78. The van der Waals surface area contributed by atoms with E-state index in [-0.39, 0.29) is 4.90 Å². The second kappa shape index (κ2) is 8.45. The lowest BCUT2D eigenvalue weighted by molar-refractivity contribution is 0.262. The highest BCUT2D eigenvalue weighted by atomic mass is 79.9. The molecular weight excluding hydrogens is 442 g/mol. The lowest BCUT2D eigenvalue weighted by atomic mass is 10.2. The predicted octanol–water partition coefficient (Wildman–Crippen LogP) is 5.20. The number of hydrogen-bond acceptors (Lipinski definition) is 3. The Labute approximate surface area is 172 Å². The van der Waals surface area contributed by atoms with Crippen LogP contribution in [0.1, 0.15) is 5.56 Å². The number of sulfonamides is 1. The van der Waals surface area contributed by atoms with Crippen LogP contribution in [-0.2, 0) is 10.0 Å². The van der Waals surface area contributed by atoms with Gasteiger partial charge in [-0.3, -0.25) is 4.72 Å². The van der Waals surface area contributed by atoms with E-state index >= 15 is 0 Å². The molecule has 8 heteroatoms. The van der Waals surface area contributed by atoms with Gasteiger partial charge in [0.25, 0.3) is 10.0 Å². The largest absolute Gasteiger partial charge is 0.323 e. The molecule has 0 aromatic heterocycles. The summed E-state index contributed by atoms with van der Waals surface area (Å²) in [6, 6.07) is 20.1. The molecule has 144 valence electrons. The number of halogens is 1. The summed E-state index contributed by atoms with van der Waals surface area (Å²) in [5, 5.41) is 5.38. The molecule has 0 aliphatic heterocycles. The van der Waals surface area contributed by atoms with E-state index in [1.165, 1.54) is 6.07 Å². The van der Waals surface area contributed by atoms with Crippen LogP contribution in [0.15, 0.2) is 82.2 Å². The summed E-state index contributed by atoms with van der Waals surface area (Å²) >= 11 is 3.29. The van der Waals surface area contributed by atoms with Crippen molar-refractivity contribution in [3.05, 3.63) is 82.8 Å². The molecular formula is C20H18BrN3O3S. The SMILES string of the molecule is Cc1ccc(S(=O)(=O)Nc2cccc(NC(=O)Nc3ccccc3)c2)c(Br)c1. The molecule has 3 rings (SSSR count). The molecule has 2 amide bonds. The average molecular weight is 460 g/mol. The monoisotopic (exact) mass is 459 g/mol. The van der Waals surface area contributed by atoms with Crippen LogP contribution in [0.2, 0.25) is 0 Å². The van der Waals surface area contributed by atoms with Crippen LogP contribution in [-0.4, -0.2) is 14.4 Å². The van der Waals surface area contributed by atoms with Crippen molar-refractivity contribution in [1.29, 1.82) is 0 Å². The molecule has 0 unspecified atom stereocenters. The third kappa shape index (κ3) is 5.11. The Morgan fingerprint density at radius 1 is 0.821 bits per heavy atom. The van der Waals surface area contributed by atoms with Gasteiger partial charge in [0.1, 0.15) is 4.90 Å². The Morgan fingerprint density at radius 2 is 1.46 bits per heavy atom. The summed E-state index contributed by atoms with van der Waals surface area (Å²) in [6.45, 7) is 1.88. The fourth-order valence-corrected chi connectivity index (χ4v) is 4.75.